The molecule has 0 aliphatic rings. The summed E-state index contributed by atoms with van der Waals surface area (Å²) in [4.78, 5) is 4.17. The SMILES string of the molecule is CCOCC(C)(N)c1noc(-c2ccon2)n1. The molecule has 0 aromatic carbocycles. The normalized spacial score (nSPS) is 14.8. The Balaban J connectivity index is 2.18. The fraction of sp³-hybridized carbons (Fsp3) is 0.500. The van der Waals surface area contributed by atoms with Crippen molar-refractivity contribution in [2.24, 2.45) is 5.73 Å². The van der Waals surface area contributed by atoms with Crippen molar-refractivity contribution in [2.75, 3.05) is 13.2 Å². The molecule has 0 saturated heterocycles. The number of aromatic nitrogens is 3. The van der Waals surface area contributed by atoms with Gasteiger partial charge in [0.05, 0.1) is 6.61 Å². The lowest BCUT2D eigenvalue weighted by atomic mass is 10.1. The van der Waals surface area contributed by atoms with Crippen molar-refractivity contribution in [3.8, 4) is 11.6 Å². The maximum absolute atomic E-state index is 6.04. The molecular weight excluding hydrogens is 224 g/mol. The van der Waals surface area contributed by atoms with Crippen LogP contribution in [0.25, 0.3) is 11.6 Å². The molecule has 2 N–H and O–H groups in total. The number of hydrogen-bond acceptors (Lipinski definition) is 7. The molecule has 1 atom stereocenters. The summed E-state index contributed by atoms with van der Waals surface area (Å²) in [5.74, 6) is 0.658. The quantitative estimate of drug-likeness (QED) is 0.826. The smallest absolute Gasteiger partial charge is 0.280 e. The van der Waals surface area contributed by atoms with E-state index < -0.39 is 5.54 Å². The first-order valence-corrected chi connectivity index (χ1v) is 5.25. The van der Waals surface area contributed by atoms with Crippen molar-refractivity contribution in [1.82, 2.24) is 15.3 Å². The molecule has 2 aromatic heterocycles. The molecule has 7 nitrogen and oxygen atoms in total. The van der Waals surface area contributed by atoms with Crippen molar-refractivity contribution >= 4 is 0 Å². The van der Waals surface area contributed by atoms with Crippen LogP contribution in [-0.2, 0) is 10.3 Å². The first-order chi connectivity index (χ1) is 8.13. The number of rotatable bonds is 5. The fourth-order valence-corrected chi connectivity index (χ4v) is 1.26. The van der Waals surface area contributed by atoms with E-state index in [2.05, 4.69) is 15.3 Å². The fourth-order valence-electron chi connectivity index (χ4n) is 1.26. The number of nitrogens with two attached hydrogens (primary N) is 1. The van der Waals surface area contributed by atoms with E-state index in [1.54, 1.807) is 13.0 Å². The van der Waals surface area contributed by atoms with E-state index in [9.17, 15) is 0 Å². The summed E-state index contributed by atoms with van der Waals surface area (Å²) in [5, 5.41) is 7.52. The predicted octanol–water partition coefficient (Wildman–Crippen LogP) is 0.935. The Kier molecular flexibility index (Phi) is 3.21. The summed E-state index contributed by atoms with van der Waals surface area (Å²) in [6.07, 6.45) is 1.43. The van der Waals surface area contributed by atoms with Crippen LogP contribution < -0.4 is 5.73 Å². The Labute approximate surface area is 97.9 Å². The standard InChI is InChI=1S/C10H14N4O3/c1-3-15-6-10(2,11)9-12-8(17-14-9)7-4-5-16-13-7/h4-5H,3,6,11H2,1-2H3. The molecular formula is C10H14N4O3. The average Bonchev–Trinajstić information content (AvgIpc) is 2.95. The van der Waals surface area contributed by atoms with Gasteiger partial charge in [0.15, 0.2) is 11.5 Å². The second kappa shape index (κ2) is 4.64. The van der Waals surface area contributed by atoms with E-state index in [1.165, 1.54) is 6.26 Å². The van der Waals surface area contributed by atoms with Crippen LogP contribution in [0.4, 0.5) is 0 Å². The van der Waals surface area contributed by atoms with Crippen LogP contribution >= 0.6 is 0 Å². The van der Waals surface area contributed by atoms with E-state index in [0.717, 1.165) is 0 Å². The minimum absolute atomic E-state index is 0.280. The highest BCUT2D eigenvalue weighted by Gasteiger charge is 2.28. The topological polar surface area (TPSA) is 100 Å². The maximum Gasteiger partial charge on any atom is 0.280 e. The second-order valence-corrected chi connectivity index (χ2v) is 3.86. The molecule has 2 aromatic rings. The van der Waals surface area contributed by atoms with Gasteiger partial charge in [-0.25, -0.2) is 0 Å². The predicted molar refractivity (Wildman–Crippen MR) is 57.8 cm³/mol. The van der Waals surface area contributed by atoms with Crippen LogP contribution in [0.5, 0.6) is 0 Å². The van der Waals surface area contributed by atoms with Crippen LogP contribution in [0.15, 0.2) is 21.4 Å². The first-order valence-electron chi connectivity index (χ1n) is 5.25. The first kappa shape index (κ1) is 11.7. The lowest BCUT2D eigenvalue weighted by Crippen LogP contribution is -2.39. The van der Waals surface area contributed by atoms with Gasteiger partial charge in [0.2, 0.25) is 0 Å². The zero-order chi connectivity index (χ0) is 12.3. The molecule has 0 spiro atoms. The zero-order valence-electron chi connectivity index (χ0n) is 9.71. The van der Waals surface area contributed by atoms with E-state index in [1.807, 2.05) is 6.92 Å². The third-order valence-corrected chi connectivity index (χ3v) is 2.20. The van der Waals surface area contributed by atoms with Crippen molar-refractivity contribution in [3.63, 3.8) is 0 Å². The summed E-state index contributed by atoms with van der Waals surface area (Å²) < 4.78 is 15.0. The molecule has 92 valence electrons. The van der Waals surface area contributed by atoms with E-state index in [-0.39, 0.29) is 5.89 Å². The van der Waals surface area contributed by atoms with E-state index >= 15 is 0 Å². The van der Waals surface area contributed by atoms with Gasteiger partial charge in [-0.1, -0.05) is 10.3 Å². The minimum atomic E-state index is -0.790. The van der Waals surface area contributed by atoms with Crippen LogP contribution in [0.3, 0.4) is 0 Å². The van der Waals surface area contributed by atoms with Crippen LogP contribution in [0.1, 0.15) is 19.7 Å². The van der Waals surface area contributed by atoms with Gasteiger partial charge < -0.3 is 19.5 Å². The Morgan fingerprint density at radius 1 is 1.47 bits per heavy atom. The van der Waals surface area contributed by atoms with Gasteiger partial charge in [0.1, 0.15) is 11.8 Å². The highest BCUT2D eigenvalue weighted by atomic mass is 16.5. The third-order valence-electron chi connectivity index (χ3n) is 2.20. The molecule has 7 heteroatoms. The summed E-state index contributed by atoms with van der Waals surface area (Å²) in [5.41, 5.74) is 5.73. The monoisotopic (exact) mass is 238 g/mol. The van der Waals surface area contributed by atoms with Crippen LogP contribution in [0.2, 0.25) is 0 Å². The summed E-state index contributed by atoms with van der Waals surface area (Å²) >= 11 is 0. The number of hydrogen-bond donors (Lipinski definition) is 1. The summed E-state index contributed by atoms with van der Waals surface area (Å²) in [6.45, 7) is 4.58. The third kappa shape index (κ3) is 2.51. The van der Waals surface area contributed by atoms with Crippen molar-refractivity contribution < 1.29 is 13.8 Å². The van der Waals surface area contributed by atoms with Gasteiger partial charge in [0, 0.05) is 12.7 Å². The Bertz CT molecular complexity index is 464. The Hall–Kier alpha value is -1.73. The van der Waals surface area contributed by atoms with Gasteiger partial charge in [-0.2, -0.15) is 4.98 Å². The van der Waals surface area contributed by atoms with Gasteiger partial charge in [-0.15, -0.1) is 0 Å². The van der Waals surface area contributed by atoms with Crippen LogP contribution in [-0.4, -0.2) is 28.5 Å². The molecule has 2 rings (SSSR count). The molecule has 0 fully saturated rings. The van der Waals surface area contributed by atoms with Gasteiger partial charge in [-0.05, 0) is 13.8 Å². The van der Waals surface area contributed by atoms with Crippen LogP contribution in [0, 0.1) is 0 Å². The highest BCUT2D eigenvalue weighted by molar-refractivity contribution is 5.44. The largest absolute Gasteiger partial charge is 0.379 e. The van der Waals surface area contributed by atoms with Crippen molar-refractivity contribution in [2.45, 2.75) is 19.4 Å². The van der Waals surface area contributed by atoms with Gasteiger partial charge in [-0.3, -0.25) is 0 Å². The maximum atomic E-state index is 6.04. The molecule has 0 bridgehead atoms. The number of ether oxygens (including phenoxy) is 1. The second-order valence-electron chi connectivity index (χ2n) is 3.86. The van der Waals surface area contributed by atoms with E-state index in [0.29, 0.717) is 24.7 Å². The molecule has 1 unspecified atom stereocenters. The van der Waals surface area contributed by atoms with Gasteiger partial charge in [0.25, 0.3) is 5.89 Å². The molecule has 17 heavy (non-hydrogen) atoms. The summed E-state index contributed by atoms with van der Waals surface area (Å²) in [6, 6.07) is 1.63. The molecule has 0 aliphatic heterocycles. The molecule has 0 saturated carbocycles. The van der Waals surface area contributed by atoms with Crippen molar-refractivity contribution in [1.29, 1.82) is 0 Å². The average molecular weight is 238 g/mol. The molecule has 0 amide bonds. The molecule has 0 radical (unpaired) electrons. The Morgan fingerprint density at radius 3 is 2.94 bits per heavy atom. The van der Waals surface area contributed by atoms with Gasteiger partial charge >= 0.3 is 0 Å². The highest BCUT2D eigenvalue weighted by Crippen LogP contribution is 2.19. The van der Waals surface area contributed by atoms with E-state index in [4.69, 9.17) is 19.5 Å². The Morgan fingerprint density at radius 2 is 2.29 bits per heavy atom. The lowest BCUT2D eigenvalue weighted by Gasteiger charge is -2.19. The zero-order valence-corrected chi connectivity index (χ0v) is 9.71. The minimum Gasteiger partial charge on any atom is -0.379 e. The molecule has 0 aliphatic carbocycles. The molecule has 2 heterocycles. The summed E-state index contributed by atoms with van der Waals surface area (Å²) in [7, 11) is 0. The lowest BCUT2D eigenvalue weighted by molar-refractivity contribution is 0.0962. The number of nitrogens with zero attached hydrogens (tertiary/aromatic N) is 3. The van der Waals surface area contributed by atoms with Crippen molar-refractivity contribution in [3.05, 3.63) is 18.2 Å².